The molecule has 4 atom stereocenters. The van der Waals surface area contributed by atoms with E-state index in [9.17, 15) is 24.0 Å². The molecule has 0 aromatic heterocycles. The molecule has 2 fully saturated rings. The highest BCUT2D eigenvalue weighted by Gasteiger charge is 2.52. The van der Waals surface area contributed by atoms with Crippen molar-refractivity contribution in [2.75, 3.05) is 13.2 Å². The number of nitrogens with zero attached hydrogens (tertiary/aromatic N) is 1. The number of carbonyl (C=O) groups is 5. The van der Waals surface area contributed by atoms with Gasteiger partial charge in [0.05, 0.1) is 17.4 Å². The molecule has 8 nitrogen and oxygen atoms in total. The van der Waals surface area contributed by atoms with Gasteiger partial charge in [-0.15, -0.1) is 0 Å². The monoisotopic (exact) mass is 605 g/mol. The van der Waals surface area contributed by atoms with Crippen LogP contribution in [0.15, 0.2) is 54.6 Å². The first-order valence-corrected chi connectivity index (χ1v) is 12.8. The number of benzene rings is 2. The lowest BCUT2D eigenvalue weighted by atomic mass is 9.81. The number of carbonyl (C=O) groups excluding carboxylic acids is 5. The molecule has 2 amide bonds. The van der Waals surface area contributed by atoms with Crippen molar-refractivity contribution in [3.63, 3.8) is 0 Å². The van der Waals surface area contributed by atoms with Crippen LogP contribution in [0.3, 0.4) is 0 Å². The Morgan fingerprint density at radius 1 is 0.829 bits per heavy atom. The number of likely N-dealkylation sites (tertiary alicyclic amines) is 1. The molecule has 182 valence electrons. The number of halogens is 2. The zero-order chi connectivity index (χ0) is 25.1. The van der Waals surface area contributed by atoms with Gasteiger partial charge in [-0.3, -0.25) is 24.1 Å². The van der Waals surface area contributed by atoms with Crippen LogP contribution in [0.25, 0.3) is 0 Å². The summed E-state index contributed by atoms with van der Waals surface area (Å²) in [7, 11) is 0. The van der Waals surface area contributed by atoms with Crippen LogP contribution in [0.1, 0.15) is 33.6 Å². The smallest absolute Gasteiger partial charge is 0.343 e. The Kier molecular flexibility index (Phi) is 7.81. The van der Waals surface area contributed by atoms with Gasteiger partial charge in [-0.25, -0.2) is 4.79 Å². The number of ketones is 1. The number of amides is 2. The lowest BCUT2D eigenvalue weighted by Gasteiger charge is -2.29. The van der Waals surface area contributed by atoms with Crippen molar-refractivity contribution >= 4 is 61.4 Å². The van der Waals surface area contributed by atoms with Crippen molar-refractivity contribution < 1.29 is 33.4 Å². The van der Waals surface area contributed by atoms with Crippen molar-refractivity contribution in [2.45, 2.75) is 22.5 Å². The van der Waals surface area contributed by atoms with Crippen molar-refractivity contribution in [2.24, 2.45) is 11.8 Å². The maximum Gasteiger partial charge on any atom is 0.343 e. The van der Waals surface area contributed by atoms with Crippen LogP contribution < -0.4 is 4.74 Å². The molecule has 4 unspecified atom stereocenters. The second kappa shape index (κ2) is 10.8. The van der Waals surface area contributed by atoms with Crippen LogP contribution in [0.5, 0.6) is 5.75 Å². The Bertz CT molecular complexity index is 1120. The molecule has 0 bridgehead atoms. The molecule has 1 aliphatic heterocycles. The quantitative estimate of drug-likeness (QED) is 0.156. The Labute approximate surface area is 218 Å². The maximum absolute atomic E-state index is 12.7. The van der Waals surface area contributed by atoms with E-state index in [4.69, 9.17) is 9.47 Å². The third kappa shape index (κ3) is 5.70. The largest absolute Gasteiger partial charge is 0.456 e. The summed E-state index contributed by atoms with van der Waals surface area (Å²) in [5, 5.41) is 0. The van der Waals surface area contributed by atoms with Crippen molar-refractivity contribution in [1.29, 1.82) is 0 Å². The first-order valence-electron chi connectivity index (χ1n) is 10.9. The molecule has 0 radical (unpaired) electrons. The molecule has 2 aromatic rings. The van der Waals surface area contributed by atoms with Crippen LogP contribution in [0.2, 0.25) is 0 Å². The summed E-state index contributed by atoms with van der Waals surface area (Å²) < 4.78 is 10.3. The average Bonchev–Trinajstić information content (AvgIpc) is 3.08. The van der Waals surface area contributed by atoms with Gasteiger partial charge < -0.3 is 9.47 Å². The summed E-state index contributed by atoms with van der Waals surface area (Å²) in [5.41, 5.74) is 0.649. The highest BCUT2D eigenvalue weighted by atomic mass is 79.9. The van der Waals surface area contributed by atoms with Crippen LogP contribution in [0, 0.1) is 11.8 Å². The number of rotatable bonds is 7. The molecule has 1 saturated carbocycles. The van der Waals surface area contributed by atoms with Gasteiger partial charge in [-0.05, 0) is 49.2 Å². The molecule has 35 heavy (non-hydrogen) atoms. The lowest BCUT2D eigenvalue weighted by Crippen LogP contribution is -2.37. The summed E-state index contributed by atoms with van der Waals surface area (Å²) in [6.45, 7) is -1.07. The third-order valence-corrected chi connectivity index (χ3v) is 8.78. The van der Waals surface area contributed by atoms with Gasteiger partial charge in [-0.1, -0.05) is 50.1 Å². The lowest BCUT2D eigenvalue weighted by molar-refractivity contribution is -0.152. The summed E-state index contributed by atoms with van der Waals surface area (Å²) in [6.07, 6.45) is 1.01. The Balaban J connectivity index is 1.28. The molecular weight excluding hydrogens is 586 g/mol. The zero-order valence-electron chi connectivity index (χ0n) is 18.4. The number of imide groups is 1. The van der Waals surface area contributed by atoms with Crippen LogP contribution in [0.4, 0.5) is 0 Å². The predicted octanol–water partition coefficient (Wildman–Crippen LogP) is 3.55. The van der Waals surface area contributed by atoms with Gasteiger partial charge in [0, 0.05) is 15.2 Å². The predicted molar refractivity (Wildman–Crippen MR) is 131 cm³/mol. The summed E-state index contributed by atoms with van der Waals surface area (Å²) in [5.74, 6) is -3.25. The van der Waals surface area contributed by atoms with Crippen molar-refractivity contribution in [1.82, 2.24) is 4.90 Å². The normalized spacial score (nSPS) is 23.5. The fourth-order valence-electron chi connectivity index (χ4n) is 4.17. The van der Waals surface area contributed by atoms with Crippen LogP contribution >= 0.6 is 31.9 Å². The third-order valence-electron chi connectivity index (χ3n) is 6.05. The zero-order valence-corrected chi connectivity index (χ0v) is 21.6. The molecule has 2 aromatic carbocycles. The first kappa shape index (κ1) is 25.2. The Morgan fingerprint density at radius 3 is 1.97 bits per heavy atom. The minimum Gasteiger partial charge on any atom is -0.456 e. The summed E-state index contributed by atoms with van der Waals surface area (Å²) >= 11 is 7.03. The Hall–Kier alpha value is -2.85. The van der Waals surface area contributed by atoms with Crippen molar-refractivity contribution in [3.05, 3.63) is 65.7 Å². The average molecular weight is 607 g/mol. The molecule has 0 spiro atoms. The fraction of sp³-hybridized carbons (Fsp3) is 0.320. The molecule has 1 heterocycles. The number of hydrogen-bond donors (Lipinski definition) is 0. The SMILES string of the molecule is O=C(CN1C(=O)C2CC(Br)C(Br)CC2C1=O)OCC(=O)c1ccc(OC(=O)c2ccccc2)cc1. The maximum atomic E-state index is 12.7. The second-order valence-electron chi connectivity index (χ2n) is 8.34. The van der Waals surface area contributed by atoms with E-state index in [1.807, 2.05) is 0 Å². The van der Waals surface area contributed by atoms with Crippen LogP contribution in [-0.2, 0) is 19.1 Å². The van der Waals surface area contributed by atoms with Gasteiger partial charge in [0.2, 0.25) is 11.8 Å². The number of fused-ring (bicyclic) bond motifs is 1. The number of hydrogen-bond acceptors (Lipinski definition) is 7. The van der Waals surface area contributed by atoms with Gasteiger partial charge in [-0.2, -0.15) is 0 Å². The van der Waals surface area contributed by atoms with E-state index in [2.05, 4.69) is 31.9 Å². The fourth-order valence-corrected chi connectivity index (χ4v) is 5.41. The molecular formula is C25H21Br2NO7. The standard InChI is InChI=1S/C25H21Br2NO7/c26-19-10-17-18(11-20(19)27)24(32)28(23(17)31)12-22(30)34-13-21(29)14-6-8-16(9-7-14)35-25(33)15-4-2-1-3-5-15/h1-9,17-20H,10-13H2. The first-order chi connectivity index (χ1) is 16.7. The van der Waals surface area contributed by atoms with Gasteiger partial charge in [0.15, 0.2) is 12.4 Å². The molecule has 10 heteroatoms. The summed E-state index contributed by atoms with van der Waals surface area (Å²) in [6, 6.07) is 14.3. The van der Waals surface area contributed by atoms with E-state index in [1.165, 1.54) is 24.3 Å². The van der Waals surface area contributed by atoms with Gasteiger partial charge >= 0.3 is 11.9 Å². The van der Waals surface area contributed by atoms with E-state index in [1.54, 1.807) is 30.3 Å². The van der Waals surface area contributed by atoms with Crippen LogP contribution in [-0.4, -0.2) is 57.2 Å². The highest BCUT2D eigenvalue weighted by molar-refractivity contribution is 9.12. The topological polar surface area (TPSA) is 107 Å². The second-order valence-corrected chi connectivity index (χ2v) is 10.7. The van der Waals surface area contributed by atoms with E-state index >= 15 is 0 Å². The number of alkyl halides is 2. The van der Waals surface area contributed by atoms with Gasteiger partial charge in [0.25, 0.3) is 0 Å². The number of esters is 2. The number of ether oxygens (including phenoxy) is 2. The molecule has 1 saturated heterocycles. The van der Waals surface area contributed by atoms with Gasteiger partial charge in [0.1, 0.15) is 12.3 Å². The number of Topliss-reactive ketones (excluding diaryl/α,β-unsaturated/α-hetero) is 1. The molecule has 0 N–H and O–H groups in total. The van der Waals surface area contributed by atoms with E-state index in [0.717, 1.165) is 4.90 Å². The summed E-state index contributed by atoms with van der Waals surface area (Å²) in [4.78, 5) is 63.2. The minimum atomic E-state index is -0.835. The molecule has 4 rings (SSSR count). The Morgan fingerprint density at radius 2 is 1.40 bits per heavy atom. The molecule has 2 aliphatic rings. The van der Waals surface area contributed by atoms with Crippen molar-refractivity contribution in [3.8, 4) is 5.75 Å². The van der Waals surface area contributed by atoms with E-state index in [-0.39, 0.29) is 32.8 Å². The van der Waals surface area contributed by atoms with E-state index < -0.39 is 42.7 Å². The minimum absolute atomic E-state index is 0.0678. The van der Waals surface area contributed by atoms with E-state index in [0.29, 0.717) is 18.4 Å². The molecule has 1 aliphatic carbocycles. The highest BCUT2D eigenvalue weighted by Crippen LogP contribution is 2.43.